The predicted molar refractivity (Wildman–Crippen MR) is 87.9 cm³/mol. The predicted octanol–water partition coefficient (Wildman–Crippen LogP) is 3.19. The second kappa shape index (κ2) is 5.92. The van der Waals surface area contributed by atoms with Gasteiger partial charge in [0.25, 0.3) is 0 Å². The number of nitrogens with zero attached hydrogens (tertiary/aromatic N) is 3. The van der Waals surface area contributed by atoms with Gasteiger partial charge in [0.1, 0.15) is 11.5 Å². The summed E-state index contributed by atoms with van der Waals surface area (Å²) < 4.78 is 14.6. The minimum absolute atomic E-state index is 0.0256. The van der Waals surface area contributed by atoms with Crippen molar-refractivity contribution in [2.75, 3.05) is 19.0 Å². The molecule has 0 aliphatic rings. The second-order valence-electron chi connectivity index (χ2n) is 5.30. The van der Waals surface area contributed by atoms with Gasteiger partial charge in [-0.1, -0.05) is 17.4 Å². The molecule has 118 valence electrons. The van der Waals surface area contributed by atoms with Crippen LogP contribution in [0.5, 0.6) is 0 Å². The molecular weight excluding hydrogens is 317 g/mol. The van der Waals surface area contributed by atoms with Gasteiger partial charge in [0.05, 0.1) is 10.2 Å². The standard InChI is InChI=1S/C16H14FN3O2S/c1-20(2)16-19-14-9(6-10(17)8-13(14)23-16)7-11-4-3-5-12(18-11)15(21)22/h3-6,8H,7H2,1-2H3,(H,21,22). The number of anilines is 1. The monoisotopic (exact) mass is 331 g/mol. The summed E-state index contributed by atoms with van der Waals surface area (Å²) in [6.45, 7) is 0. The van der Waals surface area contributed by atoms with Crippen LogP contribution < -0.4 is 4.90 Å². The van der Waals surface area contributed by atoms with E-state index in [2.05, 4.69) is 9.97 Å². The molecule has 23 heavy (non-hydrogen) atoms. The lowest BCUT2D eigenvalue weighted by Crippen LogP contribution is -2.07. The lowest BCUT2D eigenvalue weighted by atomic mass is 10.1. The normalized spacial score (nSPS) is 10.9. The Morgan fingerprint density at radius 1 is 1.30 bits per heavy atom. The molecular formula is C16H14FN3O2S. The van der Waals surface area contributed by atoms with E-state index >= 15 is 0 Å². The highest BCUT2D eigenvalue weighted by atomic mass is 32.1. The number of aromatic carboxylic acids is 1. The number of carbonyl (C=O) groups is 1. The third-order valence-electron chi connectivity index (χ3n) is 3.31. The summed E-state index contributed by atoms with van der Waals surface area (Å²) in [4.78, 5) is 21.5. The van der Waals surface area contributed by atoms with Crippen molar-refractivity contribution in [3.8, 4) is 0 Å². The average Bonchev–Trinajstić information content (AvgIpc) is 2.91. The fraction of sp³-hybridized carbons (Fsp3) is 0.188. The van der Waals surface area contributed by atoms with E-state index in [-0.39, 0.29) is 11.5 Å². The molecule has 2 heterocycles. The van der Waals surface area contributed by atoms with E-state index in [1.54, 1.807) is 12.1 Å². The van der Waals surface area contributed by atoms with Crippen molar-refractivity contribution in [3.05, 3.63) is 53.1 Å². The molecule has 3 aromatic rings. The van der Waals surface area contributed by atoms with Crippen LogP contribution in [0.3, 0.4) is 0 Å². The lowest BCUT2D eigenvalue weighted by Gasteiger charge is -2.05. The summed E-state index contributed by atoms with van der Waals surface area (Å²) >= 11 is 1.41. The molecule has 0 atom stereocenters. The number of benzene rings is 1. The Labute approximate surface area is 136 Å². The molecule has 0 amide bonds. The number of fused-ring (bicyclic) bond motifs is 1. The number of carboxylic acid groups (broad SMARTS) is 1. The number of thiazole rings is 1. The fourth-order valence-electron chi connectivity index (χ4n) is 2.27. The van der Waals surface area contributed by atoms with Crippen molar-refractivity contribution in [1.29, 1.82) is 0 Å². The van der Waals surface area contributed by atoms with Crippen LogP contribution in [0.25, 0.3) is 10.2 Å². The number of carboxylic acids is 1. The van der Waals surface area contributed by atoms with E-state index in [9.17, 15) is 9.18 Å². The first-order chi connectivity index (χ1) is 10.9. The minimum Gasteiger partial charge on any atom is -0.477 e. The first-order valence-corrected chi connectivity index (χ1v) is 7.71. The quantitative estimate of drug-likeness (QED) is 0.795. The van der Waals surface area contributed by atoms with Crippen molar-refractivity contribution < 1.29 is 14.3 Å². The minimum atomic E-state index is -1.08. The van der Waals surface area contributed by atoms with Gasteiger partial charge in [0.2, 0.25) is 0 Å². The molecule has 0 saturated carbocycles. The molecule has 0 spiro atoms. The molecule has 1 aromatic carbocycles. The third-order valence-corrected chi connectivity index (χ3v) is 4.48. The largest absolute Gasteiger partial charge is 0.477 e. The van der Waals surface area contributed by atoms with E-state index < -0.39 is 5.97 Å². The highest BCUT2D eigenvalue weighted by Crippen LogP contribution is 2.31. The molecule has 0 aliphatic heterocycles. The highest BCUT2D eigenvalue weighted by molar-refractivity contribution is 7.22. The van der Waals surface area contributed by atoms with E-state index in [0.717, 1.165) is 15.3 Å². The van der Waals surface area contributed by atoms with Gasteiger partial charge in [0, 0.05) is 26.2 Å². The molecule has 0 radical (unpaired) electrons. The van der Waals surface area contributed by atoms with Crippen molar-refractivity contribution >= 4 is 32.7 Å². The Kier molecular flexibility index (Phi) is 3.96. The zero-order valence-corrected chi connectivity index (χ0v) is 13.4. The number of pyridine rings is 1. The number of aromatic nitrogens is 2. The summed E-state index contributed by atoms with van der Waals surface area (Å²) in [6.07, 6.45) is 0.325. The van der Waals surface area contributed by atoms with E-state index in [4.69, 9.17) is 5.11 Å². The van der Waals surface area contributed by atoms with Gasteiger partial charge in [-0.05, 0) is 29.8 Å². The van der Waals surface area contributed by atoms with Crippen molar-refractivity contribution in [2.45, 2.75) is 6.42 Å². The Balaban J connectivity index is 2.05. The van der Waals surface area contributed by atoms with E-state index in [0.29, 0.717) is 17.7 Å². The van der Waals surface area contributed by atoms with Gasteiger partial charge in [0.15, 0.2) is 5.13 Å². The van der Waals surface area contributed by atoms with Crippen LogP contribution in [0.15, 0.2) is 30.3 Å². The van der Waals surface area contributed by atoms with Crippen LogP contribution in [-0.2, 0) is 6.42 Å². The third kappa shape index (κ3) is 3.14. The zero-order valence-electron chi connectivity index (χ0n) is 12.6. The summed E-state index contributed by atoms with van der Waals surface area (Å²) in [6, 6.07) is 7.68. The summed E-state index contributed by atoms with van der Waals surface area (Å²) in [5.41, 5.74) is 1.96. The second-order valence-corrected chi connectivity index (χ2v) is 6.31. The van der Waals surface area contributed by atoms with Crippen LogP contribution in [0.4, 0.5) is 9.52 Å². The maximum atomic E-state index is 13.9. The molecule has 0 unspecified atom stereocenters. The molecule has 0 fully saturated rings. The summed E-state index contributed by atoms with van der Waals surface area (Å²) in [5, 5.41) is 9.81. The van der Waals surface area contributed by atoms with Crippen LogP contribution >= 0.6 is 11.3 Å². The van der Waals surface area contributed by atoms with Crippen molar-refractivity contribution in [1.82, 2.24) is 9.97 Å². The van der Waals surface area contributed by atoms with Gasteiger partial charge in [-0.2, -0.15) is 0 Å². The Morgan fingerprint density at radius 2 is 2.09 bits per heavy atom. The van der Waals surface area contributed by atoms with Gasteiger partial charge in [-0.15, -0.1) is 0 Å². The van der Waals surface area contributed by atoms with Crippen LogP contribution in [-0.4, -0.2) is 35.1 Å². The zero-order chi connectivity index (χ0) is 16.6. The van der Waals surface area contributed by atoms with E-state index in [1.165, 1.54) is 29.5 Å². The maximum absolute atomic E-state index is 13.9. The maximum Gasteiger partial charge on any atom is 0.354 e. The molecule has 7 heteroatoms. The molecule has 1 N–H and O–H groups in total. The first kappa shape index (κ1) is 15.4. The van der Waals surface area contributed by atoms with Crippen molar-refractivity contribution in [3.63, 3.8) is 0 Å². The molecule has 0 saturated heterocycles. The van der Waals surface area contributed by atoms with Crippen LogP contribution in [0, 0.1) is 5.82 Å². The van der Waals surface area contributed by atoms with E-state index in [1.807, 2.05) is 19.0 Å². The Bertz CT molecular complexity index is 892. The molecule has 2 aromatic heterocycles. The number of hydrogen-bond acceptors (Lipinski definition) is 5. The molecule has 3 rings (SSSR count). The number of rotatable bonds is 4. The van der Waals surface area contributed by atoms with Crippen LogP contribution in [0.1, 0.15) is 21.7 Å². The number of hydrogen-bond donors (Lipinski definition) is 1. The lowest BCUT2D eigenvalue weighted by molar-refractivity contribution is 0.0690. The van der Waals surface area contributed by atoms with Gasteiger partial charge in [-0.25, -0.2) is 19.2 Å². The number of halogens is 1. The van der Waals surface area contributed by atoms with Gasteiger partial charge < -0.3 is 10.0 Å². The summed E-state index contributed by atoms with van der Waals surface area (Å²) in [5.74, 6) is -1.42. The molecule has 0 bridgehead atoms. The fourth-order valence-corrected chi connectivity index (χ4v) is 3.23. The van der Waals surface area contributed by atoms with Crippen LogP contribution in [0.2, 0.25) is 0 Å². The van der Waals surface area contributed by atoms with Gasteiger partial charge in [-0.3, -0.25) is 0 Å². The Hall–Kier alpha value is -2.54. The first-order valence-electron chi connectivity index (χ1n) is 6.89. The SMILES string of the molecule is CN(C)c1nc2c(Cc3cccc(C(=O)O)n3)cc(F)cc2s1. The molecule has 5 nitrogen and oxygen atoms in total. The van der Waals surface area contributed by atoms with Crippen molar-refractivity contribution in [2.24, 2.45) is 0 Å². The summed E-state index contributed by atoms with van der Waals surface area (Å²) in [7, 11) is 3.76. The van der Waals surface area contributed by atoms with Gasteiger partial charge >= 0.3 is 5.97 Å². The molecule has 0 aliphatic carbocycles. The topological polar surface area (TPSA) is 66.3 Å². The highest BCUT2D eigenvalue weighted by Gasteiger charge is 2.13. The average molecular weight is 331 g/mol. The Morgan fingerprint density at radius 3 is 2.78 bits per heavy atom. The smallest absolute Gasteiger partial charge is 0.354 e.